The highest BCUT2D eigenvalue weighted by atomic mass is 16.5. The number of nitrogens with one attached hydrogen (secondary N) is 1. The van der Waals surface area contributed by atoms with E-state index >= 15 is 0 Å². The molecular weight excluding hydrogens is 138 g/mol. The first kappa shape index (κ1) is 8.60. The molecule has 0 aromatic heterocycles. The van der Waals surface area contributed by atoms with E-state index in [4.69, 9.17) is 4.74 Å². The first-order valence-electron chi connectivity index (χ1n) is 4.26. The van der Waals surface area contributed by atoms with Crippen LogP contribution >= 0.6 is 0 Å². The number of ether oxygens (including phenoxy) is 1. The minimum absolute atomic E-state index is 0.498. The molecule has 64 valence electrons. The number of hydrogen-bond donors (Lipinski definition) is 1. The fraction of sp³-hybridized carbons (Fsp3) is 0.778. The summed E-state index contributed by atoms with van der Waals surface area (Å²) in [6, 6.07) is 0.638. The maximum Gasteiger partial charge on any atom is 0.0572 e. The molecule has 2 heteroatoms. The van der Waals surface area contributed by atoms with Crippen LogP contribution in [0.5, 0.6) is 0 Å². The second-order valence-electron chi connectivity index (χ2n) is 3.08. The smallest absolute Gasteiger partial charge is 0.0572 e. The molecule has 1 rings (SSSR count). The first-order chi connectivity index (χ1) is 5.36. The van der Waals surface area contributed by atoms with Crippen molar-refractivity contribution in [1.82, 2.24) is 5.32 Å². The molecule has 0 amide bonds. The number of methoxy groups -OCH3 is 1. The van der Waals surface area contributed by atoms with Crippen LogP contribution in [-0.2, 0) is 4.74 Å². The topological polar surface area (TPSA) is 21.3 Å². The SMILES string of the molecule is C=CNC1CCC(OC)CC1. The highest BCUT2D eigenvalue weighted by molar-refractivity contribution is 4.80. The summed E-state index contributed by atoms with van der Waals surface area (Å²) >= 11 is 0. The van der Waals surface area contributed by atoms with Gasteiger partial charge in [-0.15, -0.1) is 0 Å². The Morgan fingerprint density at radius 3 is 2.45 bits per heavy atom. The highest BCUT2D eigenvalue weighted by Crippen LogP contribution is 2.20. The molecule has 0 heterocycles. The van der Waals surface area contributed by atoms with Gasteiger partial charge < -0.3 is 10.1 Å². The zero-order valence-corrected chi connectivity index (χ0v) is 7.18. The van der Waals surface area contributed by atoms with Crippen LogP contribution in [0.3, 0.4) is 0 Å². The molecule has 0 unspecified atom stereocenters. The molecule has 0 saturated heterocycles. The number of hydrogen-bond acceptors (Lipinski definition) is 2. The monoisotopic (exact) mass is 155 g/mol. The summed E-state index contributed by atoms with van der Waals surface area (Å²) in [5.41, 5.74) is 0. The second-order valence-corrected chi connectivity index (χ2v) is 3.08. The normalized spacial score (nSPS) is 31.4. The first-order valence-corrected chi connectivity index (χ1v) is 4.26. The molecule has 0 aromatic rings. The molecule has 2 nitrogen and oxygen atoms in total. The van der Waals surface area contributed by atoms with Crippen molar-refractivity contribution in [3.8, 4) is 0 Å². The van der Waals surface area contributed by atoms with Crippen LogP contribution in [0.25, 0.3) is 0 Å². The third-order valence-corrected chi connectivity index (χ3v) is 2.36. The largest absolute Gasteiger partial charge is 0.389 e. The molecule has 1 aliphatic carbocycles. The van der Waals surface area contributed by atoms with Gasteiger partial charge in [0.25, 0.3) is 0 Å². The lowest BCUT2D eigenvalue weighted by molar-refractivity contribution is 0.0640. The van der Waals surface area contributed by atoms with Gasteiger partial charge in [0.2, 0.25) is 0 Å². The summed E-state index contributed by atoms with van der Waals surface area (Å²) in [6.07, 6.45) is 7.08. The van der Waals surface area contributed by atoms with E-state index in [1.807, 2.05) is 0 Å². The lowest BCUT2D eigenvalue weighted by Crippen LogP contribution is -2.31. The van der Waals surface area contributed by atoms with Crippen LogP contribution in [0.15, 0.2) is 12.8 Å². The molecule has 0 bridgehead atoms. The molecule has 1 fully saturated rings. The van der Waals surface area contributed by atoms with Crippen molar-refractivity contribution in [2.75, 3.05) is 7.11 Å². The van der Waals surface area contributed by atoms with Crippen molar-refractivity contribution < 1.29 is 4.74 Å². The van der Waals surface area contributed by atoms with Gasteiger partial charge in [-0.25, -0.2) is 0 Å². The van der Waals surface area contributed by atoms with Gasteiger partial charge in [-0.05, 0) is 31.9 Å². The summed E-state index contributed by atoms with van der Waals surface area (Å²) in [5.74, 6) is 0. The summed E-state index contributed by atoms with van der Waals surface area (Å²) < 4.78 is 5.26. The average molecular weight is 155 g/mol. The van der Waals surface area contributed by atoms with E-state index < -0.39 is 0 Å². The molecule has 0 atom stereocenters. The predicted octanol–water partition coefficient (Wildman–Crippen LogP) is 1.68. The van der Waals surface area contributed by atoms with E-state index in [-0.39, 0.29) is 0 Å². The van der Waals surface area contributed by atoms with Crippen molar-refractivity contribution in [3.05, 3.63) is 12.8 Å². The molecule has 0 radical (unpaired) electrons. The highest BCUT2D eigenvalue weighted by Gasteiger charge is 2.19. The lowest BCUT2D eigenvalue weighted by atomic mass is 9.93. The summed E-state index contributed by atoms with van der Waals surface area (Å²) in [4.78, 5) is 0. The minimum Gasteiger partial charge on any atom is -0.389 e. The van der Waals surface area contributed by atoms with E-state index in [0.29, 0.717) is 12.1 Å². The third-order valence-electron chi connectivity index (χ3n) is 2.36. The molecule has 0 aliphatic heterocycles. The Balaban J connectivity index is 2.18. The minimum atomic E-state index is 0.498. The van der Waals surface area contributed by atoms with Gasteiger partial charge in [0, 0.05) is 13.2 Å². The molecule has 1 N–H and O–H groups in total. The van der Waals surface area contributed by atoms with Gasteiger partial charge in [-0.1, -0.05) is 6.58 Å². The van der Waals surface area contributed by atoms with Crippen LogP contribution in [0.1, 0.15) is 25.7 Å². The molecule has 1 saturated carbocycles. The summed E-state index contributed by atoms with van der Waals surface area (Å²) in [5, 5.41) is 3.24. The Hall–Kier alpha value is -0.500. The van der Waals surface area contributed by atoms with Gasteiger partial charge >= 0.3 is 0 Å². The molecule has 0 aromatic carbocycles. The Morgan fingerprint density at radius 1 is 1.36 bits per heavy atom. The fourth-order valence-corrected chi connectivity index (χ4v) is 1.63. The van der Waals surface area contributed by atoms with Crippen molar-refractivity contribution in [2.45, 2.75) is 37.8 Å². The van der Waals surface area contributed by atoms with Crippen LogP contribution in [0, 0.1) is 0 Å². The summed E-state index contributed by atoms with van der Waals surface area (Å²) in [7, 11) is 1.80. The fourth-order valence-electron chi connectivity index (χ4n) is 1.63. The van der Waals surface area contributed by atoms with Crippen LogP contribution in [0.2, 0.25) is 0 Å². The molecular formula is C9H17NO. The van der Waals surface area contributed by atoms with Gasteiger partial charge in [0.15, 0.2) is 0 Å². The zero-order valence-electron chi connectivity index (χ0n) is 7.18. The van der Waals surface area contributed by atoms with E-state index in [1.54, 1.807) is 13.3 Å². The van der Waals surface area contributed by atoms with Gasteiger partial charge in [-0.3, -0.25) is 0 Å². The molecule has 0 spiro atoms. The van der Waals surface area contributed by atoms with E-state index in [9.17, 15) is 0 Å². The van der Waals surface area contributed by atoms with Crippen LogP contribution in [0.4, 0.5) is 0 Å². The van der Waals surface area contributed by atoms with Crippen LogP contribution in [-0.4, -0.2) is 19.3 Å². The maximum absolute atomic E-state index is 5.26. The summed E-state index contributed by atoms with van der Waals surface area (Å²) in [6.45, 7) is 3.65. The van der Waals surface area contributed by atoms with Crippen LogP contribution < -0.4 is 5.32 Å². The number of rotatable bonds is 3. The van der Waals surface area contributed by atoms with E-state index in [2.05, 4.69) is 11.9 Å². The van der Waals surface area contributed by atoms with Crippen molar-refractivity contribution in [3.63, 3.8) is 0 Å². The van der Waals surface area contributed by atoms with Gasteiger partial charge in [0.05, 0.1) is 6.10 Å². The van der Waals surface area contributed by atoms with Crippen molar-refractivity contribution in [1.29, 1.82) is 0 Å². The van der Waals surface area contributed by atoms with Crippen molar-refractivity contribution in [2.24, 2.45) is 0 Å². The Morgan fingerprint density at radius 2 is 2.00 bits per heavy atom. The Kier molecular flexibility index (Phi) is 3.43. The van der Waals surface area contributed by atoms with E-state index in [0.717, 1.165) is 0 Å². The Bertz CT molecular complexity index is 117. The Labute approximate surface area is 68.6 Å². The second kappa shape index (κ2) is 4.39. The molecule has 11 heavy (non-hydrogen) atoms. The maximum atomic E-state index is 5.26. The third kappa shape index (κ3) is 2.54. The average Bonchev–Trinajstić information content (AvgIpc) is 2.07. The molecule has 1 aliphatic rings. The quantitative estimate of drug-likeness (QED) is 0.669. The zero-order chi connectivity index (χ0) is 8.10. The van der Waals surface area contributed by atoms with Crippen molar-refractivity contribution >= 4 is 0 Å². The van der Waals surface area contributed by atoms with Gasteiger partial charge in [-0.2, -0.15) is 0 Å². The standard InChI is InChI=1S/C9H17NO/c1-3-10-8-4-6-9(11-2)7-5-8/h3,8-10H,1,4-7H2,2H3. The predicted molar refractivity (Wildman–Crippen MR) is 46.4 cm³/mol. The lowest BCUT2D eigenvalue weighted by Gasteiger charge is -2.27. The van der Waals surface area contributed by atoms with E-state index in [1.165, 1.54) is 25.7 Å². The van der Waals surface area contributed by atoms with Gasteiger partial charge in [0.1, 0.15) is 0 Å².